The molecular weight excluding hydrogens is 458 g/mol. The Morgan fingerprint density at radius 1 is 0.943 bits per heavy atom. The molecule has 8 heteroatoms. The number of hydrogen-bond donors (Lipinski definition) is 1. The van der Waals surface area contributed by atoms with Crippen LogP contribution in [-0.4, -0.2) is 24.8 Å². The molecule has 6 aromatic rings. The van der Waals surface area contributed by atoms with E-state index in [9.17, 15) is 9.59 Å². The van der Waals surface area contributed by atoms with E-state index >= 15 is 0 Å². The summed E-state index contributed by atoms with van der Waals surface area (Å²) >= 11 is 1.59. The molecule has 35 heavy (non-hydrogen) atoms. The van der Waals surface area contributed by atoms with Crippen molar-refractivity contribution < 1.29 is 4.79 Å². The van der Waals surface area contributed by atoms with Gasteiger partial charge in [-0.25, -0.2) is 9.97 Å². The normalized spacial score (nSPS) is 11.2. The molecule has 3 aromatic heterocycles. The number of para-hydroxylation sites is 1. The van der Waals surface area contributed by atoms with Gasteiger partial charge in [0.25, 0.3) is 11.5 Å². The molecule has 0 aliphatic rings. The number of carbonyl (C=O) groups is 1. The molecular formula is C27H19N5O2S. The van der Waals surface area contributed by atoms with Crippen LogP contribution in [0.4, 0.5) is 5.69 Å². The van der Waals surface area contributed by atoms with Gasteiger partial charge in [-0.3, -0.25) is 18.6 Å². The Hall–Kier alpha value is -4.56. The second-order valence-electron chi connectivity index (χ2n) is 8.11. The second kappa shape index (κ2) is 8.34. The Bertz CT molecular complexity index is 1730. The zero-order valence-corrected chi connectivity index (χ0v) is 19.5. The second-order valence-corrected chi connectivity index (χ2v) is 8.99. The SMILES string of the molecule is Cc1nc2ccccc2c(=O)n1-c1ccc(C(=O)Nc2ccc(-c3cn4ccsc4n3)cc2)cc1. The van der Waals surface area contributed by atoms with E-state index in [0.29, 0.717) is 33.7 Å². The third kappa shape index (κ3) is 3.79. The van der Waals surface area contributed by atoms with Crippen LogP contribution in [0.25, 0.3) is 32.8 Å². The van der Waals surface area contributed by atoms with Crippen molar-refractivity contribution in [3.05, 3.63) is 112 Å². The van der Waals surface area contributed by atoms with Gasteiger partial charge in [0.15, 0.2) is 4.96 Å². The smallest absolute Gasteiger partial charge is 0.265 e. The highest BCUT2D eigenvalue weighted by Crippen LogP contribution is 2.23. The van der Waals surface area contributed by atoms with Crippen LogP contribution in [-0.2, 0) is 0 Å². The Balaban J connectivity index is 1.21. The number of benzene rings is 3. The number of thiazole rings is 1. The molecule has 0 saturated heterocycles. The van der Waals surface area contributed by atoms with Gasteiger partial charge in [0.2, 0.25) is 0 Å². The van der Waals surface area contributed by atoms with E-state index < -0.39 is 0 Å². The largest absolute Gasteiger partial charge is 0.322 e. The van der Waals surface area contributed by atoms with Crippen LogP contribution in [0.2, 0.25) is 0 Å². The zero-order valence-electron chi connectivity index (χ0n) is 18.7. The van der Waals surface area contributed by atoms with Crippen LogP contribution in [0, 0.1) is 6.92 Å². The van der Waals surface area contributed by atoms with Crippen molar-refractivity contribution in [2.24, 2.45) is 0 Å². The Morgan fingerprint density at radius 2 is 1.71 bits per heavy atom. The molecule has 0 atom stereocenters. The molecule has 1 amide bonds. The van der Waals surface area contributed by atoms with Gasteiger partial charge in [0.05, 0.1) is 22.3 Å². The van der Waals surface area contributed by atoms with E-state index in [2.05, 4.69) is 15.3 Å². The summed E-state index contributed by atoms with van der Waals surface area (Å²) in [5.74, 6) is 0.357. The number of imidazole rings is 1. The minimum atomic E-state index is -0.229. The fourth-order valence-corrected chi connectivity index (χ4v) is 4.80. The molecule has 3 aromatic carbocycles. The van der Waals surface area contributed by atoms with Gasteiger partial charge in [-0.1, -0.05) is 24.3 Å². The summed E-state index contributed by atoms with van der Waals surface area (Å²) < 4.78 is 3.55. The van der Waals surface area contributed by atoms with Gasteiger partial charge in [-0.2, -0.15) is 0 Å². The minimum Gasteiger partial charge on any atom is -0.322 e. The van der Waals surface area contributed by atoms with Gasteiger partial charge in [-0.05, 0) is 55.5 Å². The van der Waals surface area contributed by atoms with Crippen molar-refractivity contribution >= 4 is 38.8 Å². The molecule has 0 aliphatic heterocycles. The number of anilines is 1. The summed E-state index contributed by atoms with van der Waals surface area (Å²) in [6.45, 7) is 1.80. The van der Waals surface area contributed by atoms with E-state index in [0.717, 1.165) is 16.2 Å². The summed E-state index contributed by atoms with van der Waals surface area (Å²) in [4.78, 5) is 35.9. The first-order chi connectivity index (χ1) is 17.1. The fourth-order valence-electron chi connectivity index (χ4n) is 4.10. The Kier molecular flexibility index (Phi) is 5.00. The highest BCUT2D eigenvalue weighted by Gasteiger charge is 2.12. The molecule has 1 N–H and O–H groups in total. The number of aryl methyl sites for hydroxylation is 1. The molecule has 0 bridgehead atoms. The molecule has 170 valence electrons. The van der Waals surface area contributed by atoms with Gasteiger partial charge in [0.1, 0.15) is 5.82 Å². The number of carbonyl (C=O) groups excluding carboxylic acids is 1. The van der Waals surface area contributed by atoms with E-state index in [1.165, 1.54) is 0 Å². The number of fused-ring (bicyclic) bond motifs is 2. The van der Waals surface area contributed by atoms with E-state index in [1.807, 2.05) is 64.6 Å². The lowest BCUT2D eigenvalue weighted by Gasteiger charge is -2.12. The summed E-state index contributed by atoms with van der Waals surface area (Å²) in [7, 11) is 0. The lowest BCUT2D eigenvalue weighted by atomic mass is 10.1. The van der Waals surface area contributed by atoms with E-state index in [4.69, 9.17) is 0 Å². The highest BCUT2D eigenvalue weighted by molar-refractivity contribution is 7.15. The molecule has 0 saturated carbocycles. The number of nitrogens with one attached hydrogen (secondary N) is 1. The molecule has 0 radical (unpaired) electrons. The summed E-state index contributed by atoms with van der Waals surface area (Å²) in [6, 6.07) is 21.8. The van der Waals surface area contributed by atoms with Gasteiger partial charge in [0, 0.05) is 34.6 Å². The maximum Gasteiger partial charge on any atom is 0.265 e. The van der Waals surface area contributed by atoms with Crippen molar-refractivity contribution in [3.8, 4) is 16.9 Å². The lowest BCUT2D eigenvalue weighted by molar-refractivity contribution is 0.102. The summed E-state index contributed by atoms with van der Waals surface area (Å²) in [6.07, 6.45) is 3.96. The average molecular weight is 478 g/mol. The third-order valence-electron chi connectivity index (χ3n) is 5.86. The van der Waals surface area contributed by atoms with E-state index in [1.54, 1.807) is 53.2 Å². The minimum absolute atomic E-state index is 0.136. The van der Waals surface area contributed by atoms with Crippen molar-refractivity contribution in [2.75, 3.05) is 5.32 Å². The van der Waals surface area contributed by atoms with Crippen molar-refractivity contribution in [1.82, 2.24) is 18.9 Å². The average Bonchev–Trinajstić information content (AvgIpc) is 3.48. The summed E-state index contributed by atoms with van der Waals surface area (Å²) in [5.41, 5.74) is 4.24. The van der Waals surface area contributed by atoms with Gasteiger partial charge >= 0.3 is 0 Å². The standard InChI is InChI=1S/C27H19N5O2S/c1-17-28-23-5-3-2-4-22(23)26(34)32(17)21-12-8-19(9-13-21)25(33)29-20-10-6-18(7-11-20)24-16-31-14-15-35-27(31)30-24/h2-16H,1H3,(H,29,33). The fraction of sp³-hybridized carbons (Fsp3) is 0.0370. The van der Waals surface area contributed by atoms with E-state index in [-0.39, 0.29) is 11.5 Å². The Labute approximate surface area is 204 Å². The van der Waals surface area contributed by atoms with Crippen LogP contribution >= 0.6 is 11.3 Å². The van der Waals surface area contributed by atoms with Crippen molar-refractivity contribution in [1.29, 1.82) is 0 Å². The monoisotopic (exact) mass is 477 g/mol. The number of amides is 1. The van der Waals surface area contributed by atoms with Crippen LogP contribution in [0.15, 0.2) is 95.4 Å². The zero-order chi connectivity index (χ0) is 23.9. The molecule has 7 nitrogen and oxygen atoms in total. The topological polar surface area (TPSA) is 81.3 Å². The van der Waals surface area contributed by atoms with Crippen LogP contribution in [0.5, 0.6) is 0 Å². The number of nitrogens with zero attached hydrogens (tertiary/aromatic N) is 4. The molecule has 0 spiro atoms. The Morgan fingerprint density at radius 3 is 2.49 bits per heavy atom. The summed E-state index contributed by atoms with van der Waals surface area (Å²) in [5, 5.41) is 5.47. The third-order valence-corrected chi connectivity index (χ3v) is 6.63. The first-order valence-electron chi connectivity index (χ1n) is 11.0. The molecule has 0 fully saturated rings. The number of aromatic nitrogens is 4. The van der Waals surface area contributed by atoms with Crippen molar-refractivity contribution in [3.63, 3.8) is 0 Å². The quantitative estimate of drug-likeness (QED) is 0.372. The molecule has 6 rings (SSSR count). The van der Waals surface area contributed by atoms with Crippen LogP contribution in [0.1, 0.15) is 16.2 Å². The first-order valence-corrected chi connectivity index (χ1v) is 11.9. The van der Waals surface area contributed by atoms with Crippen LogP contribution in [0.3, 0.4) is 0 Å². The maximum absolute atomic E-state index is 13.0. The predicted molar refractivity (Wildman–Crippen MR) is 139 cm³/mol. The van der Waals surface area contributed by atoms with Crippen LogP contribution < -0.4 is 10.9 Å². The molecule has 0 unspecified atom stereocenters. The van der Waals surface area contributed by atoms with Gasteiger partial charge in [-0.15, -0.1) is 11.3 Å². The highest BCUT2D eigenvalue weighted by atomic mass is 32.1. The molecule has 0 aliphatic carbocycles. The first kappa shape index (κ1) is 21.0. The predicted octanol–water partition coefficient (Wildman–Crippen LogP) is 5.32. The maximum atomic E-state index is 13.0. The van der Waals surface area contributed by atoms with Gasteiger partial charge < -0.3 is 5.32 Å². The number of hydrogen-bond acceptors (Lipinski definition) is 5. The lowest BCUT2D eigenvalue weighted by Crippen LogP contribution is -2.22. The molecule has 3 heterocycles. The number of rotatable bonds is 4. The van der Waals surface area contributed by atoms with Crippen molar-refractivity contribution in [2.45, 2.75) is 6.92 Å².